The molecule has 1 unspecified atom stereocenters. The number of hydrogen-bond donors (Lipinski definition) is 0. The predicted molar refractivity (Wildman–Crippen MR) is 65.0 cm³/mol. The smallest absolute Gasteiger partial charge is 0.406 e. The quantitative estimate of drug-likeness (QED) is 0.758. The summed E-state index contributed by atoms with van der Waals surface area (Å²) in [5.74, 6) is -0.739. The minimum atomic E-state index is -4.77. The molecule has 2 nitrogen and oxygen atoms in total. The van der Waals surface area contributed by atoms with Crippen molar-refractivity contribution in [1.29, 1.82) is 0 Å². The molecular formula is C11H9BrClF3O2. The van der Waals surface area contributed by atoms with Gasteiger partial charge in [0.15, 0.2) is 5.78 Å². The first-order chi connectivity index (χ1) is 8.24. The summed E-state index contributed by atoms with van der Waals surface area (Å²) in [7, 11) is 0. The van der Waals surface area contributed by atoms with Gasteiger partial charge in [-0.25, -0.2) is 0 Å². The first-order valence-corrected chi connectivity index (χ1v) is 6.39. The van der Waals surface area contributed by atoms with Crippen LogP contribution >= 0.6 is 27.5 Å². The van der Waals surface area contributed by atoms with Gasteiger partial charge in [-0.15, -0.1) is 24.8 Å². The number of carbonyl (C=O) groups is 1. The molecule has 0 spiro atoms. The topological polar surface area (TPSA) is 26.3 Å². The molecule has 0 aliphatic carbocycles. The van der Waals surface area contributed by atoms with Crippen LogP contribution in [0.25, 0.3) is 0 Å². The molecule has 0 heterocycles. The van der Waals surface area contributed by atoms with Gasteiger partial charge in [0, 0.05) is 5.33 Å². The molecule has 1 aromatic carbocycles. The van der Waals surface area contributed by atoms with E-state index in [9.17, 15) is 18.0 Å². The maximum absolute atomic E-state index is 12.1. The van der Waals surface area contributed by atoms with E-state index in [1.807, 2.05) is 0 Å². The zero-order valence-corrected chi connectivity index (χ0v) is 11.6. The van der Waals surface area contributed by atoms with Crippen molar-refractivity contribution in [2.45, 2.75) is 24.0 Å². The maximum Gasteiger partial charge on any atom is 0.573 e. The molecule has 0 aliphatic heterocycles. The number of Topliss-reactive ketones (excluding diaryl/α,β-unsaturated/α-hetero) is 1. The van der Waals surface area contributed by atoms with Crippen molar-refractivity contribution >= 4 is 33.3 Å². The van der Waals surface area contributed by atoms with Crippen LogP contribution in [-0.4, -0.2) is 12.1 Å². The average Bonchev–Trinajstić information content (AvgIpc) is 2.25. The average molecular weight is 346 g/mol. The molecule has 0 radical (unpaired) electrons. The highest BCUT2D eigenvalue weighted by molar-refractivity contribution is 9.08. The highest BCUT2D eigenvalue weighted by Crippen LogP contribution is 2.32. The lowest BCUT2D eigenvalue weighted by molar-refractivity contribution is -0.274. The number of ether oxygens (including phenoxy) is 1. The molecule has 0 N–H and O–H groups in total. The number of ketones is 1. The molecule has 1 rings (SSSR count). The van der Waals surface area contributed by atoms with Crippen molar-refractivity contribution < 1.29 is 22.7 Å². The molecule has 18 heavy (non-hydrogen) atoms. The van der Waals surface area contributed by atoms with E-state index in [2.05, 4.69) is 20.7 Å². The molecule has 1 atom stereocenters. The Morgan fingerprint density at radius 2 is 2.11 bits per heavy atom. The summed E-state index contributed by atoms with van der Waals surface area (Å²) in [5.41, 5.74) is 0.947. The van der Waals surface area contributed by atoms with Crippen molar-refractivity contribution in [3.05, 3.63) is 29.3 Å². The first-order valence-electron chi connectivity index (χ1n) is 4.83. The SMILES string of the molecule is CC(=O)C(Cl)c1cc(OC(F)(F)F)ccc1CBr. The summed E-state index contributed by atoms with van der Waals surface area (Å²) >= 11 is 9.04. The van der Waals surface area contributed by atoms with Gasteiger partial charge >= 0.3 is 6.36 Å². The zero-order valence-electron chi connectivity index (χ0n) is 9.22. The Kier molecular flexibility index (Phi) is 5.04. The Bertz CT molecular complexity index is 448. The summed E-state index contributed by atoms with van der Waals surface area (Å²) in [6, 6.07) is 3.74. The molecule has 0 saturated carbocycles. The molecule has 0 amide bonds. The maximum atomic E-state index is 12.1. The Morgan fingerprint density at radius 1 is 1.50 bits per heavy atom. The molecule has 0 aromatic heterocycles. The lowest BCUT2D eigenvalue weighted by Gasteiger charge is -2.14. The van der Waals surface area contributed by atoms with E-state index in [4.69, 9.17) is 11.6 Å². The molecule has 0 fully saturated rings. The molecule has 0 aliphatic rings. The number of rotatable bonds is 4. The fourth-order valence-electron chi connectivity index (χ4n) is 1.35. The van der Waals surface area contributed by atoms with E-state index in [0.717, 1.165) is 6.07 Å². The van der Waals surface area contributed by atoms with E-state index in [0.29, 0.717) is 16.5 Å². The number of hydrogen-bond acceptors (Lipinski definition) is 2. The summed E-state index contributed by atoms with van der Waals surface area (Å²) in [5, 5.41) is -0.611. The van der Waals surface area contributed by atoms with Crippen molar-refractivity contribution in [1.82, 2.24) is 0 Å². The van der Waals surface area contributed by atoms with Crippen LogP contribution in [0.3, 0.4) is 0 Å². The summed E-state index contributed by atoms with van der Waals surface area (Å²) < 4.78 is 40.0. The van der Waals surface area contributed by atoms with E-state index in [1.54, 1.807) is 0 Å². The van der Waals surface area contributed by atoms with Crippen LogP contribution in [0.15, 0.2) is 18.2 Å². The number of carbonyl (C=O) groups excluding carboxylic acids is 1. The van der Waals surface area contributed by atoms with Gasteiger partial charge in [0.2, 0.25) is 0 Å². The van der Waals surface area contributed by atoms with Crippen molar-refractivity contribution in [2.24, 2.45) is 0 Å². The van der Waals surface area contributed by atoms with Crippen LogP contribution in [0.4, 0.5) is 13.2 Å². The third kappa shape index (κ3) is 4.17. The van der Waals surface area contributed by atoms with Gasteiger partial charge in [0.1, 0.15) is 11.1 Å². The normalized spacial score (nSPS) is 13.2. The minimum Gasteiger partial charge on any atom is -0.406 e. The highest BCUT2D eigenvalue weighted by atomic mass is 79.9. The van der Waals surface area contributed by atoms with Gasteiger partial charge in [-0.2, -0.15) is 0 Å². The number of benzene rings is 1. The third-order valence-electron chi connectivity index (χ3n) is 2.12. The van der Waals surface area contributed by atoms with Gasteiger partial charge in [0.25, 0.3) is 0 Å². The van der Waals surface area contributed by atoms with Gasteiger partial charge in [-0.05, 0) is 30.2 Å². The standard InChI is InChI=1S/C11H9BrClF3O2/c1-6(17)10(13)9-4-8(18-11(14,15)16)3-2-7(9)5-12/h2-4,10H,5H2,1H3. The summed E-state index contributed by atoms with van der Waals surface area (Å²) in [4.78, 5) is 11.2. The fourth-order valence-corrected chi connectivity index (χ4v) is 2.06. The molecule has 1 aromatic rings. The predicted octanol–water partition coefficient (Wildman–Crippen LogP) is 4.35. The van der Waals surface area contributed by atoms with Crippen LogP contribution < -0.4 is 4.74 Å². The Labute approximate surface area is 115 Å². The number of halogens is 5. The molecule has 7 heteroatoms. The van der Waals surface area contributed by atoms with Gasteiger partial charge < -0.3 is 4.74 Å². The molecule has 0 saturated heterocycles. The molecule has 0 bridgehead atoms. The Morgan fingerprint density at radius 3 is 2.56 bits per heavy atom. The second-order valence-corrected chi connectivity index (χ2v) is 4.51. The Hall–Kier alpha value is -0.750. The van der Waals surface area contributed by atoms with Crippen molar-refractivity contribution in [3.8, 4) is 5.75 Å². The van der Waals surface area contributed by atoms with E-state index >= 15 is 0 Å². The van der Waals surface area contributed by atoms with Gasteiger partial charge in [0.05, 0.1) is 0 Å². The first kappa shape index (κ1) is 15.3. The van der Waals surface area contributed by atoms with Crippen molar-refractivity contribution in [2.75, 3.05) is 0 Å². The fraction of sp³-hybridized carbons (Fsp3) is 0.364. The van der Waals surface area contributed by atoms with Crippen LogP contribution in [0.1, 0.15) is 23.4 Å². The summed E-state index contributed by atoms with van der Waals surface area (Å²) in [6.45, 7) is 1.27. The van der Waals surface area contributed by atoms with Gasteiger partial charge in [-0.1, -0.05) is 22.0 Å². The number of alkyl halides is 5. The van der Waals surface area contributed by atoms with Gasteiger partial charge in [-0.3, -0.25) is 4.79 Å². The van der Waals surface area contributed by atoms with Crippen LogP contribution in [0.5, 0.6) is 5.75 Å². The lowest BCUT2D eigenvalue weighted by Crippen LogP contribution is -2.17. The Balaban J connectivity index is 3.13. The van der Waals surface area contributed by atoms with E-state index in [-0.39, 0.29) is 5.78 Å². The third-order valence-corrected chi connectivity index (χ3v) is 3.27. The summed E-state index contributed by atoms with van der Waals surface area (Å²) in [6.07, 6.45) is -4.77. The van der Waals surface area contributed by atoms with Crippen LogP contribution in [-0.2, 0) is 10.1 Å². The lowest BCUT2D eigenvalue weighted by atomic mass is 10.0. The minimum absolute atomic E-state index is 0.308. The molecule has 100 valence electrons. The molecular weight excluding hydrogens is 336 g/mol. The van der Waals surface area contributed by atoms with E-state index < -0.39 is 17.5 Å². The second kappa shape index (κ2) is 5.93. The van der Waals surface area contributed by atoms with Crippen molar-refractivity contribution in [3.63, 3.8) is 0 Å². The van der Waals surface area contributed by atoms with Crippen LogP contribution in [0, 0.1) is 0 Å². The zero-order chi connectivity index (χ0) is 13.9. The second-order valence-electron chi connectivity index (χ2n) is 3.52. The largest absolute Gasteiger partial charge is 0.573 e. The van der Waals surface area contributed by atoms with E-state index in [1.165, 1.54) is 19.1 Å². The monoisotopic (exact) mass is 344 g/mol. The van der Waals surface area contributed by atoms with Crippen LogP contribution in [0.2, 0.25) is 0 Å². The highest BCUT2D eigenvalue weighted by Gasteiger charge is 2.31.